The largest absolute Gasteiger partial charge is 0.378 e. The normalized spacial score (nSPS) is 10.7. The number of nitrogens with one attached hydrogen (secondary N) is 1. The van der Waals surface area contributed by atoms with E-state index in [1.54, 1.807) is 23.9 Å². The van der Waals surface area contributed by atoms with Crippen LogP contribution in [0.15, 0.2) is 52.8 Å². The third kappa shape index (κ3) is 2.90. The van der Waals surface area contributed by atoms with Gasteiger partial charge in [-0.2, -0.15) is 0 Å². The highest BCUT2D eigenvalue weighted by molar-refractivity contribution is 9.10. The molecule has 0 saturated heterocycles. The predicted molar refractivity (Wildman–Crippen MR) is 87.9 cm³/mol. The van der Waals surface area contributed by atoms with E-state index in [4.69, 9.17) is 11.6 Å². The Hall–Kier alpha value is -1.30. The Balaban J connectivity index is 1.88. The zero-order valence-electron chi connectivity index (χ0n) is 10.4. The first-order valence-electron chi connectivity index (χ1n) is 5.97. The van der Waals surface area contributed by atoms with E-state index >= 15 is 0 Å². The molecular formula is C14H11BrClN3S. The lowest BCUT2D eigenvalue weighted by atomic mass is 10.2. The van der Waals surface area contributed by atoms with Gasteiger partial charge < -0.3 is 9.88 Å². The molecule has 3 nitrogen and oxygen atoms in total. The van der Waals surface area contributed by atoms with Crippen LogP contribution < -0.4 is 5.32 Å². The molecule has 2 heterocycles. The van der Waals surface area contributed by atoms with Crippen molar-refractivity contribution >= 4 is 44.6 Å². The van der Waals surface area contributed by atoms with Gasteiger partial charge in [0.05, 0.1) is 22.7 Å². The topological polar surface area (TPSA) is 29.9 Å². The third-order valence-electron chi connectivity index (χ3n) is 2.82. The molecule has 1 N–H and O–H groups in total. The van der Waals surface area contributed by atoms with Crippen molar-refractivity contribution in [1.82, 2.24) is 9.55 Å². The molecule has 0 fully saturated rings. The second-order valence-corrected chi connectivity index (χ2v) is 6.51. The summed E-state index contributed by atoms with van der Waals surface area (Å²) in [6.45, 7) is 0.762. The Morgan fingerprint density at radius 1 is 1.40 bits per heavy atom. The number of rotatable bonds is 4. The van der Waals surface area contributed by atoms with E-state index in [-0.39, 0.29) is 0 Å². The second kappa shape index (κ2) is 5.99. The number of imidazole rings is 1. The van der Waals surface area contributed by atoms with Gasteiger partial charge in [0.15, 0.2) is 0 Å². The molecule has 0 amide bonds. The van der Waals surface area contributed by atoms with Crippen molar-refractivity contribution in [2.75, 3.05) is 5.32 Å². The quantitative estimate of drug-likeness (QED) is 0.705. The van der Waals surface area contributed by atoms with Crippen molar-refractivity contribution < 1.29 is 0 Å². The van der Waals surface area contributed by atoms with E-state index < -0.39 is 0 Å². The zero-order chi connectivity index (χ0) is 13.9. The van der Waals surface area contributed by atoms with Gasteiger partial charge in [0.1, 0.15) is 0 Å². The molecule has 0 atom stereocenters. The van der Waals surface area contributed by atoms with Crippen LogP contribution in [0.3, 0.4) is 0 Å². The molecule has 0 aliphatic heterocycles. The molecule has 3 aromatic rings. The highest BCUT2D eigenvalue weighted by atomic mass is 79.9. The minimum atomic E-state index is 0.695. The monoisotopic (exact) mass is 367 g/mol. The predicted octanol–water partition coefficient (Wildman–Crippen LogP) is 4.96. The number of hydrogen-bond acceptors (Lipinski definition) is 3. The van der Waals surface area contributed by atoms with Gasteiger partial charge in [-0.1, -0.05) is 17.7 Å². The highest BCUT2D eigenvalue weighted by Gasteiger charge is 2.09. The molecule has 0 bridgehead atoms. The van der Waals surface area contributed by atoms with E-state index in [0.717, 1.165) is 22.4 Å². The van der Waals surface area contributed by atoms with E-state index in [1.165, 1.54) is 4.88 Å². The number of thiophene rings is 1. The molecule has 6 heteroatoms. The Morgan fingerprint density at radius 3 is 3.00 bits per heavy atom. The smallest absolute Gasteiger partial charge is 0.0992 e. The zero-order valence-corrected chi connectivity index (χ0v) is 13.5. The summed E-state index contributed by atoms with van der Waals surface area (Å²) in [6, 6.07) is 7.95. The van der Waals surface area contributed by atoms with E-state index in [9.17, 15) is 0 Å². The fraction of sp³-hybridized carbons (Fsp3) is 0.0714. The SMILES string of the molecule is Clc1cccc(NCc2cc(Br)cs2)c1-n1ccnc1. The molecular weight excluding hydrogens is 358 g/mol. The minimum Gasteiger partial charge on any atom is -0.378 e. The first-order valence-corrected chi connectivity index (χ1v) is 8.03. The van der Waals surface area contributed by atoms with Gasteiger partial charge in [0.2, 0.25) is 0 Å². The number of hydrogen-bond donors (Lipinski definition) is 1. The summed E-state index contributed by atoms with van der Waals surface area (Å²) in [7, 11) is 0. The minimum absolute atomic E-state index is 0.695. The molecule has 1 aromatic carbocycles. The number of halogens is 2. The Bertz CT molecular complexity index is 709. The van der Waals surface area contributed by atoms with Crippen LogP contribution in [0.1, 0.15) is 4.88 Å². The van der Waals surface area contributed by atoms with Crippen LogP contribution in [-0.4, -0.2) is 9.55 Å². The Labute approximate surface area is 134 Å². The van der Waals surface area contributed by atoms with E-state index in [1.807, 2.05) is 29.0 Å². The molecule has 0 radical (unpaired) electrons. The van der Waals surface area contributed by atoms with Gasteiger partial charge >= 0.3 is 0 Å². The summed E-state index contributed by atoms with van der Waals surface area (Å²) < 4.78 is 3.02. The number of para-hydroxylation sites is 1. The third-order valence-corrected chi connectivity index (χ3v) is 4.83. The molecule has 0 aliphatic carbocycles. The maximum absolute atomic E-state index is 6.31. The lowest BCUT2D eigenvalue weighted by Crippen LogP contribution is -2.03. The van der Waals surface area contributed by atoms with Gasteiger partial charge in [-0.25, -0.2) is 4.98 Å². The van der Waals surface area contributed by atoms with Crippen molar-refractivity contribution in [3.8, 4) is 5.69 Å². The van der Waals surface area contributed by atoms with Gasteiger partial charge in [0.25, 0.3) is 0 Å². The maximum atomic E-state index is 6.31. The first kappa shape index (κ1) is 13.7. The molecule has 2 aromatic heterocycles. The van der Waals surface area contributed by atoms with Crippen molar-refractivity contribution in [3.63, 3.8) is 0 Å². The fourth-order valence-corrected chi connectivity index (χ4v) is 3.60. The maximum Gasteiger partial charge on any atom is 0.0992 e. The van der Waals surface area contributed by atoms with Crippen LogP contribution in [0.4, 0.5) is 5.69 Å². The second-order valence-electron chi connectivity index (χ2n) is 4.19. The number of anilines is 1. The molecule has 0 saturated carbocycles. The lowest BCUT2D eigenvalue weighted by molar-refractivity contribution is 1.05. The van der Waals surface area contributed by atoms with Crippen molar-refractivity contribution in [1.29, 1.82) is 0 Å². The van der Waals surface area contributed by atoms with Crippen molar-refractivity contribution in [2.45, 2.75) is 6.54 Å². The van der Waals surface area contributed by atoms with Crippen molar-refractivity contribution in [2.24, 2.45) is 0 Å². The first-order chi connectivity index (χ1) is 9.74. The summed E-state index contributed by atoms with van der Waals surface area (Å²) in [6.07, 6.45) is 5.37. The number of nitrogens with zero attached hydrogens (tertiary/aromatic N) is 2. The number of aromatic nitrogens is 2. The van der Waals surface area contributed by atoms with Gasteiger partial charge in [-0.15, -0.1) is 11.3 Å². The molecule has 0 spiro atoms. The number of benzene rings is 1. The van der Waals surface area contributed by atoms with Crippen LogP contribution in [0.2, 0.25) is 5.02 Å². The van der Waals surface area contributed by atoms with Crippen molar-refractivity contribution in [3.05, 3.63) is 62.7 Å². The standard InChI is InChI=1S/C14H11BrClN3S/c15-10-6-11(20-8-10)7-18-13-3-1-2-12(16)14(13)19-5-4-17-9-19/h1-6,8-9,18H,7H2. The lowest BCUT2D eigenvalue weighted by Gasteiger charge is -2.13. The molecule has 0 unspecified atom stereocenters. The molecule has 20 heavy (non-hydrogen) atoms. The van der Waals surface area contributed by atoms with Crippen LogP contribution >= 0.6 is 38.9 Å². The van der Waals surface area contributed by atoms with Crippen LogP contribution in [0.5, 0.6) is 0 Å². The van der Waals surface area contributed by atoms with Crippen LogP contribution in [-0.2, 0) is 6.54 Å². The average Bonchev–Trinajstić information content (AvgIpc) is 3.08. The Kier molecular flexibility index (Phi) is 4.10. The summed E-state index contributed by atoms with van der Waals surface area (Å²) in [5, 5.41) is 6.20. The van der Waals surface area contributed by atoms with Crippen LogP contribution in [0.25, 0.3) is 5.69 Å². The summed E-state index contributed by atoms with van der Waals surface area (Å²) >= 11 is 11.5. The summed E-state index contributed by atoms with van der Waals surface area (Å²) in [5.74, 6) is 0. The summed E-state index contributed by atoms with van der Waals surface area (Å²) in [4.78, 5) is 5.33. The van der Waals surface area contributed by atoms with E-state index in [2.05, 4.69) is 37.7 Å². The highest BCUT2D eigenvalue weighted by Crippen LogP contribution is 2.29. The summed E-state index contributed by atoms with van der Waals surface area (Å²) in [5.41, 5.74) is 1.90. The van der Waals surface area contributed by atoms with E-state index in [0.29, 0.717) is 5.02 Å². The van der Waals surface area contributed by atoms with Crippen LogP contribution in [0, 0.1) is 0 Å². The average molecular weight is 369 g/mol. The molecule has 0 aliphatic rings. The van der Waals surface area contributed by atoms with Gasteiger partial charge in [-0.05, 0) is 34.1 Å². The van der Waals surface area contributed by atoms with Gasteiger partial charge in [-0.3, -0.25) is 0 Å². The fourth-order valence-electron chi connectivity index (χ4n) is 1.94. The molecule has 3 rings (SSSR count). The van der Waals surface area contributed by atoms with Gasteiger partial charge in [0, 0.05) is 33.7 Å². The Morgan fingerprint density at radius 2 is 2.30 bits per heavy atom. The molecule has 102 valence electrons.